The van der Waals surface area contributed by atoms with Gasteiger partial charge in [0.15, 0.2) is 0 Å². The average Bonchev–Trinajstić information content (AvgIpc) is 2.86. The van der Waals surface area contributed by atoms with Crippen molar-refractivity contribution in [3.63, 3.8) is 0 Å². The number of anilines is 1. The van der Waals surface area contributed by atoms with Crippen molar-refractivity contribution in [2.24, 2.45) is 0 Å². The van der Waals surface area contributed by atoms with Crippen LogP contribution in [0.3, 0.4) is 0 Å². The van der Waals surface area contributed by atoms with Crippen molar-refractivity contribution < 1.29 is 4.79 Å². The molecule has 1 unspecified atom stereocenters. The number of aromatic nitrogens is 1. The van der Waals surface area contributed by atoms with Gasteiger partial charge in [-0.2, -0.15) is 0 Å². The van der Waals surface area contributed by atoms with E-state index in [2.05, 4.69) is 34.6 Å². The van der Waals surface area contributed by atoms with Gasteiger partial charge >= 0.3 is 0 Å². The predicted molar refractivity (Wildman–Crippen MR) is 79.2 cm³/mol. The van der Waals surface area contributed by atoms with Crippen LogP contribution in [0.25, 0.3) is 11.1 Å². The van der Waals surface area contributed by atoms with Crippen LogP contribution in [0.5, 0.6) is 0 Å². The molecule has 1 atom stereocenters. The SMILES string of the molecule is Cc1nc(N)ccc1-c1ccc(C2CNC(=O)C2)cc1. The number of hydrogen-bond acceptors (Lipinski definition) is 3. The van der Waals surface area contributed by atoms with Gasteiger partial charge in [-0.15, -0.1) is 0 Å². The summed E-state index contributed by atoms with van der Waals surface area (Å²) in [5.41, 5.74) is 10.0. The molecule has 102 valence electrons. The molecular formula is C16H17N3O. The van der Waals surface area contributed by atoms with Crippen LogP contribution < -0.4 is 11.1 Å². The highest BCUT2D eigenvalue weighted by atomic mass is 16.1. The van der Waals surface area contributed by atoms with E-state index in [1.165, 1.54) is 5.56 Å². The van der Waals surface area contributed by atoms with Gasteiger partial charge in [0.2, 0.25) is 5.91 Å². The second-order valence-electron chi connectivity index (χ2n) is 5.20. The summed E-state index contributed by atoms with van der Waals surface area (Å²) >= 11 is 0. The molecule has 1 aliphatic heterocycles. The quantitative estimate of drug-likeness (QED) is 0.876. The van der Waals surface area contributed by atoms with Crippen molar-refractivity contribution in [2.45, 2.75) is 19.3 Å². The Bertz CT molecular complexity index is 649. The molecule has 0 spiro atoms. The summed E-state index contributed by atoms with van der Waals surface area (Å²) in [6.07, 6.45) is 0.585. The smallest absolute Gasteiger partial charge is 0.220 e. The molecule has 1 fully saturated rings. The number of nitrogens with one attached hydrogen (secondary N) is 1. The molecule has 1 aromatic carbocycles. The molecule has 20 heavy (non-hydrogen) atoms. The highest BCUT2D eigenvalue weighted by molar-refractivity contribution is 5.79. The van der Waals surface area contributed by atoms with Gasteiger partial charge in [-0.05, 0) is 30.2 Å². The number of rotatable bonds is 2. The van der Waals surface area contributed by atoms with Gasteiger partial charge in [0.05, 0.1) is 0 Å². The fourth-order valence-electron chi connectivity index (χ4n) is 2.66. The minimum absolute atomic E-state index is 0.137. The number of hydrogen-bond donors (Lipinski definition) is 2. The van der Waals surface area contributed by atoms with Crippen LogP contribution in [0.15, 0.2) is 36.4 Å². The number of benzene rings is 1. The van der Waals surface area contributed by atoms with Crippen LogP contribution in [0.4, 0.5) is 5.82 Å². The summed E-state index contributed by atoms with van der Waals surface area (Å²) in [5.74, 6) is 0.971. The first-order valence-electron chi connectivity index (χ1n) is 6.73. The van der Waals surface area contributed by atoms with Gasteiger partial charge < -0.3 is 11.1 Å². The standard InChI is InChI=1S/C16H17N3O/c1-10-14(6-7-15(17)19-10)12-4-2-11(3-5-12)13-8-16(20)18-9-13/h2-7,13H,8-9H2,1H3,(H2,17,19)(H,18,20). The summed E-state index contributed by atoms with van der Waals surface area (Å²) in [6.45, 7) is 2.69. The van der Waals surface area contributed by atoms with E-state index in [0.717, 1.165) is 23.4 Å². The van der Waals surface area contributed by atoms with Crippen molar-refractivity contribution in [1.82, 2.24) is 10.3 Å². The molecule has 4 nitrogen and oxygen atoms in total. The molecule has 1 amide bonds. The Morgan fingerprint density at radius 1 is 1.20 bits per heavy atom. The van der Waals surface area contributed by atoms with Crippen molar-refractivity contribution in [3.8, 4) is 11.1 Å². The number of pyridine rings is 1. The van der Waals surface area contributed by atoms with E-state index in [1.807, 2.05) is 19.1 Å². The van der Waals surface area contributed by atoms with Crippen LogP contribution in [-0.4, -0.2) is 17.4 Å². The lowest BCUT2D eigenvalue weighted by molar-refractivity contribution is -0.119. The average molecular weight is 267 g/mol. The van der Waals surface area contributed by atoms with Gasteiger partial charge in [0.25, 0.3) is 0 Å². The Morgan fingerprint density at radius 3 is 2.55 bits per heavy atom. The molecule has 4 heteroatoms. The molecule has 0 bridgehead atoms. The molecular weight excluding hydrogens is 250 g/mol. The monoisotopic (exact) mass is 267 g/mol. The van der Waals surface area contributed by atoms with E-state index in [9.17, 15) is 4.79 Å². The van der Waals surface area contributed by atoms with Gasteiger partial charge in [-0.25, -0.2) is 4.98 Å². The number of nitrogen functional groups attached to an aromatic ring is 1. The number of aryl methyl sites for hydroxylation is 1. The summed E-state index contributed by atoms with van der Waals surface area (Å²) in [4.78, 5) is 15.5. The van der Waals surface area contributed by atoms with E-state index in [0.29, 0.717) is 18.2 Å². The zero-order chi connectivity index (χ0) is 14.1. The first-order chi connectivity index (χ1) is 9.63. The van der Waals surface area contributed by atoms with Crippen molar-refractivity contribution in [1.29, 1.82) is 0 Å². The van der Waals surface area contributed by atoms with E-state index < -0.39 is 0 Å². The largest absolute Gasteiger partial charge is 0.384 e. The Morgan fingerprint density at radius 2 is 1.95 bits per heavy atom. The third-order valence-corrected chi connectivity index (χ3v) is 3.78. The number of carbonyl (C=O) groups excluding carboxylic acids is 1. The van der Waals surface area contributed by atoms with Crippen LogP contribution in [0, 0.1) is 6.92 Å². The lowest BCUT2D eigenvalue weighted by atomic mass is 9.95. The van der Waals surface area contributed by atoms with Gasteiger partial charge in [-0.3, -0.25) is 4.79 Å². The molecule has 3 N–H and O–H groups in total. The number of nitrogens with two attached hydrogens (primary N) is 1. The van der Waals surface area contributed by atoms with Gasteiger partial charge in [0, 0.05) is 30.1 Å². The minimum Gasteiger partial charge on any atom is -0.384 e. The van der Waals surface area contributed by atoms with E-state index in [1.54, 1.807) is 0 Å². The fraction of sp³-hybridized carbons (Fsp3) is 0.250. The molecule has 2 aromatic rings. The lowest BCUT2D eigenvalue weighted by Crippen LogP contribution is -2.13. The van der Waals surface area contributed by atoms with Gasteiger partial charge in [0.1, 0.15) is 5.82 Å². The number of amides is 1. The predicted octanol–water partition coefficient (Wildman–Crippen LogP) is 2.24. The molecule has 3 rings (SSSR count). The Hall–Kier alpha value is -2.36. The molecule has 2 heterocycles. The Kier molecular flexibility index (Phi) is 3.14. The third-order valence-electron chi connectivity index (χ3n) is 3.78. The van der Waals surface area contributed by atoms with E-state index in [-0.39, 0.29) is 5.91 Å². The van der Waals surface area contributed by atoms with Crippen molar-refractivity contribution >= 4 is 11.7 Å². The maximum Gasteiger partial charge on any atom is 0.220 e. The number of nitrogens with zero attached hydrogens (tertiary/aromatic N) is 1. The molecule has 1 aromatic heterocycles. The van der Waals surface area contributed by atoms with Gasteiger partial charge in [-0.1, -0.05) is 24.3 Å². The second kappa shape index (κ2) is 4.96. The first kappa shape index (κ1) is 12.7. The molecule has 1 aliphatic rings. The van der Waals surface area contributed by atoms with E-state index >= 15 is 0 Å². The normalized spacial score (nSPS) is 18.1. The number of carbonyl (C=O) groups is 1. The summed E-state index contributed by atoms with van der Waals surface area (Å²) in [7, 11) is 0. The zero-order valence-corrected chi connectivity index (χ0v) is 11.4. The molecule has 1 saturated heterocycles. The second-order valence-corrected chi connectivity index (χ2v) is 5.20. The topological polar surface area (TPSA) is 68.0 Å². The molecule has 0 aliphatic carbocycles. The maximum atomic E-state index is 11.3. The Balaban J connectivity index is 1.87. The minimum atomic E-state index is 0.137. The molecule has 0 saturated carbocycles. The Labute approximate surface area is 118 Å². The summed E-state index contributed by atoms with van der Waals surface area (Å²) in [5, 5.41) is 2.87. The van der Waals surface area contributed by atoms with Crippen molar-refractivity contribution in [3.05, 3.63) is 47.7 Å². The van der Waals surface area contributed by atoms with Crippen molar-refractivity contribution in [2.75, 3.05) is 12.3 Å². The highest BCUT2D eigenvalue weighted by Crippen LogP contribution is 2.27. The lowest BCUT2D eigenvalue weighted by Gasteiger charge is -2.10. The van der Waals surface area contributed by atoms with Crippen LogP contribution >= 0.6 is 0 Å². The zero-order valence-electron chi connectivity index (χ0n) is 11.4. The highest BCUT2D eigenvalue weighted by Gasteiger charge is 2.22. The fourth-order valence-corrected chi connectivity index (χ4v) is 2.66. The molecule has 0 radical (unpaired) electrons. The van der Waals surface area contributed by atoms with E-state index in [4.69, 9.17) is 5.73 Å². The first-order valence-corrected chi connectivity index (χ1v) is 6.73. The van der Waals surface area contributed by atoms with Crippen LogP contribution in [-0.2, 0) is 4.79 Å². The third kappa shape index (κ3) is 2.37. The summed E-state index contributed by atoms with van der Waals surface area (Å²) in [6, 6.07) is 12.2. The maximum absolute atomic E-state index is 11.3. The van der Waals surface area contributed by atoms with Crippen LogP contribution in [0.2, 0.25) is 0 Å². The van der Waals surface area contributed by atoms with Crippen LogP contribution in [0.1, 0.15) is 23.6 Å². The summed E-state index contributed by atoms with van der Waals surface area (Å²) < 4.78 is 0.